The fraction of sp³-hybridized carbons (Fsp3) is 0.455. The zero-order chi connectivity index (χ0) is 12.0. The fourth-order valence-corrected chi connectivity index (χ4v) is 1.24. The predicted molar refractivity (Wildman–Crippen MR) is 60.5 cm³/mol. The number of ether oxygens (including phenoxy) is 2. The van der Waals surface area contributed by atoms with E-state index in [0.717, 1.165) is 0 Å². The van der Waals surface area contributed by atoms with Crippen molar-refractivity contribution < 1.29 is 9.47 Å². The van der Waals surface area contributed by atoms with Gasteiger partial charge in [-0.25, -0.2) is 4.98 Å². The minimum absolute atomic E-state index is 0.164. The van der Waals surface area contributed by atoms with Gasteiger partial charge in [0, 0.05) is 6.20 Å². The Balaban J connectivity index is 2.52. The van der Waals surface area contributed by atoms with Crippen molar-refractivity contribution in [1.29, 1.82) is 5.26 Å². The van der Waals surface area contributed by atoms with Crippen LogP contribution in [-0.2, 0) is 4.74 Å². The second-order valence-corrected chi connectivity index (χ2v) is 3.74. The van der Waals surface area contributed by atoms with E-state index in [1.807, 2.05) is 19.9 Å². The first-order chi connectivity index (χ1) is 7.65. The van der Waals surface area contributed by atoms with Crippen molar-refractivity contribution in [3.63, 3.8) is 0 Å². The molecular formula is C11H13ClN2O2. The van der Waals surface area contributed by atoms with Gasteiger partial charge >= 0.3 is 0 Å². The van der Waals surface area contributed by atoms with Crippen LogP contribution in [-0.4, -0.2) is 24.3 Å². The molecule has 0 N–H and O–H groups in total. The summed E-state index contributed by atoms with van der Waals surface area (Å²) in [6, 6.07) is 3.50. The zero-order valence-electron chi connectivity index (χ0n) is 9.24. The van der Waals surface area contributed by atoms with Crippen molar-refractivity contribution in [2.45, 2.75) is 20.0 Å². The Labute approximate surface area is 99.8 Å². The molecular weight excluding hydrogens is 228 g/mol. The van der Waals surface area contributed by atoms with Crippen LogP contribution < -0.4 is 4.74 Å². The second-order valence-electron chi connectivity index (χ2n) is 3.36. The highest BCUT2D eigenvalue weighted by Gasteiger charge is 2.08. The van der Waals surface area contributed by atoms with E-state index in [2.05, 4.69) is 4.98 Å². The Kier molecular flexibility index (Phi) is 5.03. The number of nitriles is 1. The molecule has 0 bridgehead atoms. The molecule has 1 aromatic heterocycles. The summed E-state index contributed by atoms with van der Waals surface area (Å²) in [7, 11) is 0. The normalized spacial score (nSPS) is 10.2. The van der Waals surface area contributed by atoms with Gasteiger partial charge in [0.1, 0.15) is 17.7 Å². The van der Waals surface area contributed by atoms with Crippen LogP contribution in [0.15, 0.2) is 12.3 Å². The number of aromatic nitrogens is 1. The lowest BCUT2D eigenvalue weighted by Gasteiger charge is -2.09. The van der Waals surface area contributed by atoms with Gasteiger partial charge in [0.25, 0.3) is 0 Å². The van der Waals surface area contributed by atoms with Gasteiger partial charge in [-0.2, -0.15) is 5.26 Å². The van der Waals surface area contributed by atoms with E-state index in [-0.39, 0.29) is 17.0 Å². The molecule has 0 aromatic carbocycles. The van der Waals surface area contributed by atoms with Gasteiger partial charge in [-0.15, -0.1) is 0 Å². The number of hydrogen-bond donors (Lipinski definition) is 0. The highest BCUT2D eigenvalue weighted by Crippen LogP contribution is 2.24. The van der Waals surface area contributed by atoms with Crippen LogP contribution in [0.3, 0.4) is 0 Å². The third kappa shape index (κ3) is 3.69. The lowest BCUT2D eigenvalue weighted by Crippen LogP contribution is -2.12. The Hall–Kier alpha value is -1.31. The van der Waals surface area contributed by atoms with Crippen LogP contribution in [0.2, 0.25) is 5.02 Å². The van der Waals surface area contributed by atoms with Crippen LogP contribution in [0.1, 0.15) is 19.4 Å². The molecule has 0 amide bonds. The van der Waals surface area contributed by atoms with Gasteiger partial charge in [-0.05, 0) is 19.9 Å². The minimum atomic E-state index is 0.164. The van der Waals surface area contributed by atoms with E-state index < -0.39 is 0 Å². The van der Waals surface area contributed by atoms with Gasteiger partial charge in [0.2, 0.25) is 5.88 Å². The summed E-state index contributed by atoms with van der Waals surface area (Å²) in [5, 5.41) is 8.99. The zero-order valence-corrected chi connectivity index (χ0v) is 9.99. The highest BCUT2D eigenvalue weighted by molar-refractivity contribution is 6.32. The van der Waals surface area contributed by atoms with Crippen LogP contribution in [0, 0.1) is 11.3 Å². The van der Waals surface area contributed by atoms with E-state index in [4.69, 9.17) is 26.3 Å². The van der Waals surface area contributed by atoms with Crippen molar-refractivity contribution in [3.8, 4) is 11.9 Å². The predicted octanol–water partition coefficient (Wildman–Crippen LogP) is 2.41. The average molecular weight is 241 g/mol. The smallest absolute Gasteiger partial charge is 0.234 e. The Morgan fingerprint density at radius 3 is 2.88 bits per heavy atom. The van der Waals surface area contributed by atoms with Crippen molar-refractivity contribution in [2.24, 2.45) is 0 Å². The van der Waals surface area contributed by atoms with E-state index in [0.29, 0.717) is 18.8 Å². The standard InChI is InChI=1S/C11H13ClN2O2/c1-8(2)15-5-6-16-11-10(12)9(7-13)3-4-14-11/h3-4,8H,5-6H2,1-2H3. The van der Waals surface area contributed by atoms with Crippen LogP contribution >= 0.6 is 11.6 Å². The number of pyridine rings is 1. The van der Waals surface area contributed by atoms with Gasteiger partial charge in [0.05, 0.1) is 18.3 Å². The van der Waals surface area contributed by atoms with Gasteiger partial charge in [-0.3, -0.25) is 0 Å². The van der Waals surface area contributed by atoms with Crippen LogP contribution in [0.4, 0.5) is 0 Å². The van der Waals surface area contributed by atoms with E-state index in [1.165, 1.54) is 6.20 Å². The maximum Gasteiger partial charge on any atom is 0.234 e. The van der Waals surface area contributed by atoms with Gasteiger partial charge in [-0.1, -0.05) is 11.6 Å². The van der Waals surface area contributed by atoms with E-state index >= 15 is 0 Å². The molecule has 86 valence electrons. The topological polar surface area (TPSA) is 55.1 Å². The monoisotopic (exact) mass is 240 g/mol. The first-order valence-corrected chi connectivity index (χ1v) is 5.32. The molecule has 4 nitrogen and oxygen atoms in total. The summed E-state index contributed by atoms with van der Waals surface area (Å²) in [4.78, 5) is 3.94. The molecule has 16 heavy (non-hydrogen) atoms. The highest BCUT2D eigenvalue weighted by atomic mass is 35.5. The number of rotatable bonds is 5. The molecule has 0 aliphatic rings. The fourth-order valence-electron chi connectivity index (χ4n) is 1.03. The molecule has 0 fully saturated rings. The van der Waals surface area contributed by atoms with E-state index in [9.17, 15) is 0 Å². The van der Waals surface area contributed by atoms with Crippen molar-refractivity contribution in [1.82, 2.24) is 4.98 Å². The molecule has 1 rings (SSSR count). The molecule has 0 aliphatic heterocycles. The van der Waals surface area contributed by atoms with Gasteiger partial charge in [0.15, 0.2) is 0 Å². The molecule has 0 saturated heterocycles. The summed E-state index contributed by atoms with van der Waals surface area (Å²) in [5.74, 6) is 0.271. The number of halogens is 1. The Morgan fingerprint density at radius 1 is 1.50 bits per heavy atom. The number of nitrogens with zero attached hydrogens (tertiary/aromatic N) is 2. The first-order valence-electron chi connectivity index (χ1n) is 4.94. The molecule has 5 heteroatoms. The molecule has 0 spiro atoms. The molecule has 0 atom stereocenters. The lowest BCUT2D eigenvalue weighted by molar-refractivity contribution is 0.0543. The van der Waals surface area contributed by atoms with E-state index in [1.54, 1.807) is 6.07 Å². The lowest BCUT2D eigenvalue weighted by atomic mass is 10.3. The summed E-state index contributed by atoms with van der Waals surface area (Å²) in [5.41, 5.74) is 0.358. The Bertz CT molecular complexity index is 388. The van der Waals surface area contributed by atoms with Crippen molar-refractivity contribution in [2.75, 3.05) is 13.2 Å². The molecule has 0 radical (unpaired) electrons. The molecule has 0 unspecified atom stereocenters. The number of hydrogen-bond acceptors (Lipinski definition) is 4. The van der Waals surface area contributed by atoms with Gasteiger partial charge < -0.3 is 9.47 Å². The Morgan fingerprint density at radius 2 is 2.25 bits per heavy atom. The third-order valence-corrected chi connectivity index (χ3v) is 2.12. The first kappa shape index (κ1) is 12.8. The SMILES string of the molecule is CC(C)OCCOc1nccc(C#N)c1Cl. The third-order valence-electron chi connectivity index (χ3n) is 1.75. The van der Waals surface area contributed by atoms with Crippen molar-refractivity contribution >= 4 is 11.6 Å². The average Bonchev–Trinajstić information content (AvgIpc) is 2.26. The summed E-state index contributed by atoms with van der Waals surface area (Å²) in [6.45, 7) is 4.72. The van der Waals surface area contributed by atoms with Crippen LogP contribution in [0.25, 0.3) is 0 Å². The molecule has 0 aliphatic carbocycles. The minimum Gasteiger partial charge on any atom is -0.474 e. The maximum atomic E-state index is 8.74. The maximum absolute atomic E-state index is 8.74. The molecule has 1 aromatic rings. The quantitative estimate of drug-likeness (QED) is 0.742. The van der Waals surface area contributed by atoms with Crippen molar-refractivity contribution in [3.05, 3.63) is 22.8 Å². The second kappa shape index (κ2) is 6.31. The summed E-state index contributed by atoms with van der Waals surface area (Å²) in [6.07, 6.45) is 1.65. The summed E-state index contributed by atoms with van der Waals surface area (Å²) >= 11 is 5.90. The largest absolute Gasteiger partial charge is 0.474 e. The molecule has 1 heterocycles. The molecule has 0 saturated carbocycles. The van der Waals surface area contributed by atoms with Crippen LogP contribution in [0.5, 0.6) is 5.88 Å². The summed E-state index contributed by atoms with van der Waals surface area (Å²) < 4.78 is 10.6.